The number of aromatic nitrogens is 2. The van der Waals surface area contributed by atoms with Crippen molar-refractivity contribution < 1.29 is 9.90 Å². The molecule has 0 bridgehead atoms. The Balaban J connectivity index is 2.27. The summed E-state index contributed by atoms with van der Waals surface area (Å²) in [6, 6.07) is 6.50. The number of carboxylic acids is 1. The average Bonchev–Trinajstić information content (AvgIpc) is 3.02. The zero-order valence-corrected chi connectivity index (χ0v) is 16.9. The maximum absolute atomic E-state index is 12.9. The first-order valence-corrected chi connectivity index (χ1v) is 9.69. The summed E-state index contributed by atoms with van der Waals surface area (Å²) in [6.07, 6.45) is 0. The number of hydrogen-bond acceptors (Lipinski definition) is 4. The summed E-state index contributed by atoms with van der Waals surface area (Å²) in [5, 5.41) is 10.3. The smallest absolute Gasteiger partial charge is 0.332 e. The highest BCUT2D eigenvalue weighted by Gasteiger charge is 2.19. The fraction of sp³-hybridized carbons (Fsp3) is 0.278. The maximum atomic E-state index is 12.9. The number of hydrogen-bond donors (Lipinski definition) is 1. The molecule has 2 aromatic heterocycles. The molecule has 27 heavy (non-hydrogen) atoms. The Bertz CT molecular complexity index is 1160. The van der Waals surface area contributed by atoms with E-state index in [1.165, 1.54) is 17.4 Å². The van der Waals surface area contributed by atoms with E-state index in [9.17, 15) is 19.5 Å². The van der Waals surface area contributed by atoms with Crippen molar-refractivity contribution in [3.05, 3.63) is 65.6 Å². The summed E-state index contributed by atoms with van der Waals surface area (Å²) in [5.41, 5.74) is -0.607. The van der Waals surface area contributed by atoms with Gasteiger partial charge in [0.1, 0.15) is 11.4 Å². The van der Waals surface area contributed by atoms with Gasteiger partial charge in [0.25, 0.3) is 5.56 Å². The predicted molar refractivity (Wildman–Crippen MR) is 108 cm³/mol. The molecular formula is C18H16Cl2N2O4S. The molecule has 0 saturated heterocycles. The third-order valence-electron chi connectivity index (χ3n) is 4.12. The van der Waals surface area contributed by atoms with Gasteiger partial charge in [-0.3, -0.25) is 18.7 Å². The third kappa shape index (κ3) is 3.81. The topological polar surface area (TPSA) is 81.3 Å². The van der Waals surface area contributed by atoms with Crippen molar-refractivity contribution in [2.24, 2.45) is 0 Å². The predicted octanol–water partition coefficient (Wildman–Crippen LogP) is 3.79. The van der Waals surface area contributed by atoms with Gasteiger partial charge in [0.05, 0.1) is 11.9 Å². The molecule has 3 aromatic rings. The van der Waals surface area contributed by atoms with Gasteiger partial charge in [-0.25, -0.2) is 4.79 Å². The van der Waals surface area contributed by atoms with Crippen molar-refractivity contribution in [2.45, 2.75) is 32.9 Å². The second kappa shape index (κ2) is 7.50. The van der Waals surface area contributed by atoms with Crippen LogP contribution >= 0.6 is 34.5 Å². The molecule has 1 aromatic carbocycles. The number of carbonyl (C=O) groups is 1. The van der Waals surface area contributed by atoms with Crippen molar-refractivity contribution in [3.63, 3.8) is 0 Å². The number of halogens is 2. The van der Waals surface area contributed by atoms with Gasteiger partial charge >= 0.3 is 11.7 Å². The molecule has 6 nitrogen and oxygen atoms in total. The Kier molecular flexibility index (Phi) is 5.46. The van der Waals surface area contributed by atoms with Gasteiger partial charge in [-0.2, -0.15) is 0 Å². The molecule has 142 valence electrons. The van der Waals surface area contributed by atoms with Crippen LogP contribution in [0.1, 0.15) is 30.2 Å². The van der Waals surface area contributed by atoms with E-state index in [0.717, 1.165) is 14.0 Å². The summed E-state index contributed by atoms with van der Waals surface area (Å²) in [4.78, 5) is 38.4. The summed E-state index contributed by atoms with van der Waals surface area (Å²) in [5.74, 6) is -1.01. The minimum atomic E-state index is -1.16. The van der Waals surface area contributed by atoms with Crippen LogP contribution in [0, 0.1) is 0 Å². The van der Waals surface area contributed by atoms with Gasteiger partial charge in [-0.05, 0) is 29.7 Å². The van der Waals surface area contributed by atoms with Crippen LogP contribution in [0.25, 0.3) is 10.2 Å². The molecule has 9 heteroatoms. The van der Waals surface area contributed by atoms with E-state index in [-0.39, 0.29) is 12.5 Å². The molecule has 3 rings (SSSR count). The third-order valence-corrected chi connectivity index (χ3v) is 6.17. The first-order chi connectivity index (χ1) is 12.7. The molecule has 0 aliphatic heterocycles. The number of fused-ring (bicyclic) bond motifs is 1. The lowest BCUT2D eigenvalue weighted by atomic mass is 10.2. The minimum Gasteiger partial charge on any atom is -0.480 e. The summed E-state index contributed by atoms with van der Waals surface area (Å²) in [7, 11) is 0. The molecule has 0 atom stereocenters. The van der Waals surface area contributed by atoms with Crippen LogP contribution in [-0.2, 0) is 17.9 Å². The Morgan fingerprint density at radius 2 is 1.89 bits per heavy atom. The quantitative estimate of drug-likeness (QED) is 0.672. The van der Waals surface area contributed by atoms with Gasteiger partial charge < -0.3 is 5.11 Å². The zero-order chi connectivity index (χ0) is 19.9. The monoisotopic (exact) mass is 426 g/mol. The van der Waals surface area contributed by atoms with Crippen LogP contribution in [0.2, 0.25) is 10.0 Å². The Morgan fingerprint density at radius 3 is 2.48 bits per heavy atom. The molecule has 0 saturated carbocycles. The Hall–Kier alpha value is -2.09. The van der Waals surface area contributed by atoms with Gasteiger partial charge in [-0.1, -0.05) is 43.1 Å². The molecular weight excluding hydrogens is 411 g/mol. The fourth-order valence-electron chi connectivity index (χ4n) is 2.74. The summed E-state index contributed by atoms with van der Waals surface area (Å²) < 4.78 is 2.14. The van der Waals surface area contributed by atoms with Crippen molar-refractivity contribution in [1.29, 1.82) is 0 Å². The van der Waals surface area contributed by atoms with Crippen LogP contribution in [0.5, 0.6) is 0 Å². The van der Waals surface area contributed by atoms with E-state index in [2.05, 4.69) is 0 Å². The van der Waals surface area contributed by atoms with Crippen molar-refractivity contribution >= 4 is 50.7 Å². The SMILES string of the molecule is CC(C)c1cc2c(=O)n(Cc3ccc(Cl)cc3Cl)c(=O)n(CC(=O)O)c2s1. The first-order valence-electron chi connectivity index (χ1n) is 8.11. The molecule has 0 unspecified atom stereocenters. The highest BCUT2D eigenvalue weighted by molar-refractivity contribution is 7.18. The minimum absolute atomic E-state index is 0.0733. The zero-order valence-electron chi connectivity index (χ0n) is 14.5. The van der Waals surface area contributed by atoms with Gasteiger partial charge in [0.2, 0.25) is 0 Å². The second-order valence-corrected chi connectivity index (χ2v) is 8.32. The highest BCUT2D eigenvalue weighted by Crippen LogP contribution is 2.28. The molecule has 0 spiro atoms. The molecule has 0 fully saturated rings. The number of aliphatic carboxylic acids is 1. The van der Waals surface area contributed by atoms with Gasteiger partial charge in [-0.15, -0.1) is 11.3 Å². The van der Waals surface area contributed by atoms with E-state index < -0.39 is 23.8 Å². The highest BCUT2D eigenvalue weighted by atomic mass is 35.5. The maximum Gasteiger partial charge on any atom is 0.332 e. The van der Waals surface area contributed by atoms with Crippen LogP contribution in [0.4, 0.5) is 0 Å². The Morgan fingerprint density at radius 1 is 1.19 bits per heavy atom. The average molecular weight is 427 g/mol. The first kappa shape index (κ1) is 19.7. The summed E-state index contributed by atoms with van der Waals surface area (Å²) >= 11 is 13.3. The largest absolute Gasteiger partial charge is 0.480 e. The normalized spacial score (nSPS) is 11.4. The van der Waals surface area contributed by atoms with Gasteiger partial charge in [0, 0.05) is 14.9 Å². The molecule has 0 radical (unpaired) electrons. The van der Waals surface area contributed by atoms with Crippen molar-refractivity contribution in [2.75, 3.05) is 0 Å². The Labute approximate surface area is 168 Å². The second-order valence-electron chi connectivity index (χ2n) is 6.41. The van der Waals surface area contributed by atoms with Gasteiger partial charge in [0.15, 0.2) is 0 Å². The van der Waals surface area contributed by atoms with Crippen LogP contribution in [0.15, 0.2) is 33.9 Å². The lowest BCUT2D eigenvalue weighted by Crippen LogP contribution is -2.40. The molecule has 0 aliphatic carbocycles. The van der Waals surface area contributed by atoms with E-state index in [0.29, 0.717) is 25.8 Å². The van der Waals surface area contributed by atoms with Crippen LogP contribution < -0.4 is 11.2 Å². The van der Waals surface area contributed by atoms with E-state index >= 15 is 0 Å². The number of rotatable bonds is 5. The number of benzene rings is 1. The number of nitrogens with zero attached hydrogens (tertiary/aromatic N) is 2. The molecule has 2 heterocycles. The lowest BCUT2D eigenvalue weighted by Gasteiger charge is -2.11. The van der Waals surface area contributed by atoms with E-state index in [1.807, 2.05) is 13.8 Å². The fourth-order valence-corrected chi connectivity index (χ4v) is 4.35. The molecule has 0 amide bonds. The van der Waals surface area contributed by atoms with Crippen molar-refractivity contribution in [1.82, 2.24) is 9.13 Å². The lowest BCUT2D eigenvalue weighted by molar-refractivity contribution is -0.137. The molecule has 1 N–H and O–H groups in total. The standard InChI is InChI=1S/C18H16Cl2N2O4S/c1-9(2)14-6-12-16(25)21(7-10-3-4-11(19)5-13(10)20)18(26)22(8-15(23)24)17(12)27-14/h3-6,9H,7-8H2,1-2H3,(H,23,24). The number of carboxylic acid groups (broad SMARTS) is 1. The van der Waals surface area contributed by atoms with E-state index in [1.54, 1.807) is 18.2 Å². The van der Waals surface area contributed by atoms with E-state index in [4.69, 9.17) is 23.2 Å². The summed E-state index contributed by atoms with van der Waals surface area (Å²) in [6.45, 7) is 3.34. The van der Waals surface area contributed by atoms with Crippen LogP contribution in [0.3, 0.4) is 0 Å². The van der Waals surface area contributed by atoms with Crippen molar-refractivity contribution in [3.8, 4) is 0 Å². The van der Waals surface area contributed by atoms with Crippen LogP contribution in [-0.4, -0.2) is 20.2 Å². The number of thiophene rings is 1. The molecule has 0 aliphatic rings.